The van der Waals surface area contributed by atoms with Crippen LogP contribution >= 0.6 is 0 Å². The van der Waals surface area contributed by atoms with Gasteiger partial charge in [-0.3, -0.25) is 4.79 Å². The van der Waals surface area contributed by atoms with E-state index in [9.17, 15) is 4.79 Å². The van der Waals surface area contributed by atoms with E-state index >= 15 is 0 Å². The third kappa shape index (κ3) is 2.56. The van der Waals surface area contributed by atoms with Crippen LogP contribution in [0, 0.1) is 5.41 Å². The molecule has 0 N–H and O–H groups in total. The second kappa shape index (κ2) is 4.92. The lowest BCUT2D eigenvalue weighted by atomic mass is 9.76. The second-order valence-corrected chi connectivity index (χ2v) is 3.93. The van der Waals surface area contributed by atoms with E-state index in [-0.39, 0.29) is 11.2 Å². The van der Waals surface area contributed by atoms with Crippen LogP contribution < -0.4 is 0 Å². The highest BCUT2D eigenvalue weighted by molar-refractivity contribution is 5.84. The number of benzene rings is 1. The average molecular weight is 202 g/mol. The fourth-order valence-electron chi connectivity index (χ4n) is 1.82. The smallest absolute Gasteiger partial charge is 0.140 e. The molecule has 0 aliphatic heterocycles. The molecule has 80 valence electrons. The Bertz CT molecular complexity index is 340. The second-order valence-electron chi connectivity index (χ2n) is 3.93. The topological polar surface area (TPSA) is 17.1 Å². The van der Waals surface area contributed by atoms with Crippen molar-refractivity contribution in [3.05, 3.63) is 48.6 Å². The predicted molar refractivity (Wildman–Crippen MR) is 63.7 cm³/mol. The number of allylic oxidation sites excluding steroid dienone is 1. The minimum atomic E-state index is -0.388. The average Bonchev–Trinajstić information content (AvgIpc) is 2.27. The summed E-state index contributed by atoms with van der Waals surface area (Å²) < 4.78 is 0. The van der Waals surface area contributed by atoms with Crippen molar-refractivity contribution in [3.8, 4) is 0 Å². The van der Waals surface area contributed by atoms with Gasteiger partial charge in [0, 0.05) is 0 Å². The van der Waals surface area contributed by atoms with Gasteiger partial charge in [-0.15, -0.1) is 6.58 Å². The fraction of sp³-hybridized carbons (Fsp3) is 0.357. The summed E-state index contributed by atoms with van der Waals surface area (Å²) in [5, 5.41) is 0. The number of Topliss-reactive ketones (excluding diaryl/α,β-unsaturated/α-hetero) is 1. The summed E-state index contributed by atoms with van der Waals surface area (Å²) in [4.78, 5) is 11.7. The van der Waals surface area contributed by atoms with Crippen LogP contribution in [0.4, 0.5) is 0 Å². The van der Waals surface area contributed by atoms with Gasteiger partial charge in [0.2, 0.25) is 0 Å². The number of carbonyl (C=O) groups is 1. The first kappa shape index (κ1) is 11.7. The molecule has 0 heterocycles. The molecule has 0 aliphatic carbocycles. The van der Waals surface area contributed by atoms with Crippen LogP contribution in [0.2, 0.25) is 0 Å². The van der Waals surface area contributed by atoms with Gasteiger partial charge in [0.25, 0.3) is 0 Å². The van der Waals surface area contributed by atoms with Crippen LogP contribution in [0.25, 0.3) is 0 Å². The van der Waals surface area contributed by atoms with Crippen molar-refractivity contribution in [2.45, 2.75) is 26.7 Å². The lowest BCUT2D eigenvalue weighted by molar-refractivity contribution is -0.124. The minimum absolute atomic E-state index is 0.198. The molecule has 1 rings (SSSR count). The third-order valence-electron chi connectivity index (χ3n) is 3.09. The maximum absolute atomic E-state index is 11.7. The van der Waals surface area contributed by atoms with Crippen LogP contribution in [-0.2, 0) is 11.2 Å². The van der Waals surface area contributed by atoms with Gasteiger partial charge in [0.15, 0.2) is 0 Å². The highest BCUT2D eigenvalue weighted by Crippen LogP contribution is 2.29. The molecular weight excluding hydrogens is 184 g/mol. The summed E-state index contributed by atoms with van der Waals surface area (Å²) in [6.45, 7) is 7.48. The van der Waals surface area contributed by atoms with E-state index < -0.39 is 0 Å². The predicted octanol–water partition coefficient (Wildman–Crippen LogP) is 3.40. The molecule has 0 fully saturated rings. The zero-order chi connectivity index (χ0) is 11.3. The molecule has 1 unspecified atom stereocenters. The van der Waals surface area contributed by atoms with E-state index in [2.05, 4.69) is 18.7 Å². The molecule has 0 spiro atoms. The van der Waals surface area contributed by atoms with E-state index in [1.54, 1.807) is 13.0 Å². The third-order valence-corrected chi connectivity index (χ3v) is 3.09. The Morgan fingerprint density at radius 1 is 1.40 bits per heavy atom. The lowest BCUT2D eigenvalue weighted by Gasteiger charge is -2.26. The summed E-state index contributed by atoms with van der Waals surface area (Å²) in [7, 11) is 0. The summed E-state index contributed by atoms with van der Waals surface area (Å²) in [5.74, 6) is 0.198. The van der Waals surface area contributed by atoms with Gasteiger partial charge in [-0.2, -0.15) is 0 Å². The number of hydrogen-bond donors (Lipinski definition) is 0. The van der Waals surface area contributed by atoms with Gasteiger partial charge >= 0.3 is 0 Å². The number of hydrogen-bond acceptors (Lipinski definition) is 1. The maximum Gasteiger partial charge on any atom is 0.140 e. The van der Waals surface area contributed by atoms with E-state index in [0.717, 1.165) is 12.8 Å². The minimum Gasteiger partial charge on any atom is -0.299 e. The Morgan fingerprint density at radius 3 is 2.40 bits per heavy atom. The quantitative estimate of drug-likeness (QED) is 0.669. The zero-order valence-electron chi connectivity index (χ0n) is 9.49. The van der Waals surface area contributed by atoms with Crippen LogP contribution in [0.3, 0.4) is 0 Å². The standard InChI is InChI=1S/C14H18O/c1-4-14(5-2,12(3)15)11-13-9-7-6-8-10-13/h4,6-10H,1,5,11H2,2-3H3. The van der Waals surface area contributed by atoms with Crippen molar-refractivity contribution in [2.24, 2.45) is 5.41 Å². The molecular formula is C14H18O. The molecule has 1 heteroatoms. The lowest BCUT2D eigenvalue weighted by Crippen LogP contribution is -2.28. The van der Waals surface area contributed by atoms with Crippen LogP contribution in [0.1, 0.15) is 25.8 Å². The molecule has 1 nitrogen and oxygen atoms in total. The summed E-state index contributed by atoms with van der Waals surface area (Å²) in [6.07, 6.45) is 3.35. The summed E-state index contributed by atoms with van der Waals surface area (Å²) >= 11 is 0. The van der Waals surface area contributed by atoms with Crippen LogP contribution in [0.15, 0.2) is 43.0 Å². The summed E-state index contributed by atoms with van der Waals surface area (Å²) in [5.41, 5.74) is 0.802. The van der Waals surface area contributed by atoms with E-state index in [1.165, 1.54) is 5.56 Å². The number of rotatable bonds is 5. The largest absolute Gasteiger partial charge is 0.299 e. The molecule has 0 aliphatic rings. The Kier molecular flexibility index (Phi) is 3.84. The van der Waals surface area contributed by atoms with Gasteiger partial charge in [0.05, 0.1) is 5.41 Å². The summed E-state index contributed by atoms with van der Waals surface area (Å²) in [6, 6.07) is 10.1. The van der Waals surface area contributed by atoms with Crippen molar-refractivity contribution in [3.63, 3.8) is 0 Å². The van der Waals surface area contributed by atoms with E-state index in [0.29, 0.717) is 0 Å². The Hall–Kier alpha value is -1.37. The van der Waals surface area contributed by atoms with Gasteiger partial charge in [-0.05, 0) is 25.3 Å². The first-order chi connectivity index (χ1) is 7.14. The zero-order valence-corrected chi connectivity index (χ0v) is 9.49. The molecule has 0 radical (unpaired) electrons. The van der Waals surface area contributed by atoms with Crippen molar-refractivity contribution < 1.29 is 4.79 Å². The van der Waals surface area contributed by atoms with Gasteiger partial charge < -0.3 is 0 Å². The number of ketones is 1. The molecule has 1 aromatic carbocycles. The van der Waals surface area contributed by atoms with Crippen molar-refractivity contribution in [1.29, 1.82) is 0 Å². The van der Waals surface area contributed by atoms with Crippen molar-refractivity contribution >= 4 is 5.78 Å². The molecule has 0 bridgehead atoms. The van der Waals surface area contributed by atoms with Gasteiger partial charge in [-0.25, -0.2) is 0 Å². The molecule has 0 amide bonds. The van der Waals surface area contributed by atoms with Crippen molar-refractivity contribution in [2.75, 3.05) is 0 Å². The fourth-order valence-corrected chi connectivity index (χ4v) is 1.82. The SMILES string of the molecule is C=CC(CC)(Cc1ccccc1)C(C)=O. The van der Waals surface area contributed by atoms with Gasteiger partial charge in [-0.1, -0.05) is 43.3 Å². The Balaban J connectivity index is 2.94. The van der Waals surface area contributed by atoms with E-state index in [1.807, 2.05) is 25.1 Å². The normalized spacial score (nSPS) is 14.3. The van der Waals surface area contributed by atoms with E-state index in [4.69, 9.17) is 0 Å². The highest BCUT2D eigenvalue weighted by atomic mass is 16.1. The first-order valence-corrected chi connectivity index (χ1v) is 5.33. The van der Waals surface area contributed by atoms with Crippen LogP contribution in [-0.4, -0.2) is 5.78 Å². The molecule has 0 aromatic heterocycles. The first-order valence-electron chi connectivity index (χ1n) is 5.33. The van der Waals surface area contributed by atoms with Crippen molar-refractivity contribution in [1.82, 2.24) is 0 Å². The van der Waals surface area contributed by atoms with Crippen LogP contribution in [0.5, 0.6) is 0 Å². The molecule has 1 aromatic rings. The Morgan fingerprint density at radius 2 is 2.00 bits per heavy atom. The monoisotopic (exact) mass is 202 g/mol. The highest BCUT2D eigenvalue weighted by Gasteiger charge is 2.29. The Labute approximate surface area is 91.8 Å². The molecule has 15 heavy (non-hydrogen) atoms. The van der Waals surface area contributed by atoms with Gasteiger partial charge in [0.1, 0.15) is 5.78 Å². The maximum atomic E-state index is 11.7. The molecule has 1 atom stereocenters. The molecule has 0 saturated carbocycles. The number of carbonyl (C=O) groups excluding carboxylic acids is 1. The molecule has 0 saturated heterocycles.